The Balaban J connectivity index is 1.58. The number of thiol groups is 1. The number of imidazole rings is 1. The van der Waals surface area contributed by atoms with Crippen LogP contribution in [0, 0.1) is 11.6 Å². The number of ether oxygens (including phenoxy) is 1. The highest BCUT2D eigenvalue weighted by Crippen LogP contribution is 2.28. The number of aryl methyl sites for hydroxylation is 1. The first-order chi connectivity index (χ1) is 19.7. The van der Waals surface area contributed by atoms with E-state index in [4.69, 9.17) is 4.74 Å². The van der Waals surface area contributed by atoms with E-state index in [9.17, 15) is 19.1 Å². The van der Waals surface area contributed by atoms with E-state index in [0.717, 1.165) is 0 Å². The Morgan fingerprint density at radius 2 is 1.76 bits per heavy atom. The van der Waals surface area contributed by atoms with Gasteiger partial charge in [0.25, 0.3) is 6.01 Å². The molecule has 4 aromatic rings. The molecule has 0 radical (unpaired) electrons. The number of aromatic nitrogens is 2. The van der Waals surface area contributed by atoms with E-state index in [1.807, 2.05) is 13.8 Å². The number of carbonyl (C=O) groups is 2. The number of nitrogens with one attached hydrogen (secondary N) is 1. The second kappa shape index (κ2) is 13.5. The van der Waals surface area contributed by atoms with Crippen molar-refractivity contribution in [1.29, 1.82) is 0 Å². The third-order valence-electron chi connectivity index (χ3n) is 6.68. The molecule has 0 bridgehead atoms. The monoisotopic (exact) mass is 579 g/mol. The molecule has 10 heteroatoms. The molecule has 0 saturated carbocycles. The fourth-order valence-corrected chi connectivity index (χ4v) is 4.87. The van der Waals surface area contributed by atoms with Crippen molar-refractivity contribution in [3.05, 3.63) is 106 Å². The number of halogens is 2. The lowest BCUT2D eigenvalue weighted by atomic mass is 9.98. The summed E-state index contributed by atoms with van der Waals surface area (Å²) in [6.07, 6.45) is 0.666. The molecule has 1 aromatic heterocycles. The predicted octanol–water partition coefficient (Wildman–Crippen LogP) is 5.69. The van der Waals surface area contributed by atoms with Gasteiger partial charge in [0.1, 0.15) is 11.6 Å². The fraction of sp³-hybridized carbons (Fsp3) is 0.258. The number of rotatable bonds is 12. The zero-order chi connectivity index (χ0) is 29.5. The molecule has 214 valence electrons. The van der Waals surface area contributed by atoms with Gasteiger partial charge in [-0.15, -0.1) is 0 Å². The summed E-state index contributed by atoms with van der Waals surface area (Å²) in [6.45, 7) is 4.22. The quantitative estimate of drug-likeness (QED) is 0.188. The van der Waals surface area contributed by atoms with Crippen LogP contribution in [0.15, 0.2) is 66.7 Å². The Morgan fingerprint density at radius 1 is 1.02 bits per heavy atom. The van der Waals surface area contributed by atoms with Gasteiger partial charge >= 0.3 is 5.97 Å². The van der Waals surface area contributed by atoms with Crippen molar-refractivity contribution in [2.75, 3.05) is 6.61 Å². The van der Waals surface area contributed by atoms with E-state index in [-0.39, 0.29) is 31.0 Å². The molecule has 7 nitrogen and oxygen atoms in total. The van der Waals surface area contributed by atoms with Gasteiger partial charge in [-0.3, -0.25) is 9.36 Å². The van der Waals surface area contributed by atoms with Gasteiger partial charge in [-0.25, -0.2) is 13.6 Å². The van der Waals surface area contributed by atoms with Crippen LogP contribution in [0.5, 0.6) is 6.01 Å². The Labute approximate surface area is 242 Å². The van der Waals surface area contributed by atoms with Crippen molar-refractivity contribution in [2.45, 2.75) is 45.0 Å². The van der Waals surface area contributed by atoms with Gasteiger partial charge in [0.05, 0.1) is 41.9 Å². The molecule has 0 saturated heterocycles. The average molecular weight is 580 g/mol. The zero-order valence-corrected chi connectivity index (χ0v) is 23.6. The van der Waals surface area contributed by atoms with Crippen LogP contribution in [0.1, 0.15) is 46.7 Å². The molecule has 41 heavy (non-hydrogen) atoms. The highest BCUT2D eigenvalue weighted by Gasteiger charge is 2.22. The molecule has 1 heterocycles. The lowest BCUT2D eigenvalue weighted by molar-refractivity contribution is -0.120. The summed E-state index contributed by atoms with van der Waals surface area (Å²) in [4.78, 5) is 29.1. The standard InChI is InChI=1S/C31H31F2N3O4S/c1-3-26-27(17-34-29(37)28(41)16-20-9-5-8-12-24(20)32)36(31(35-26)40-4-2)18-21-14-13-19(15-25(21)33)22-10-6-7-11-23(22)30(38)39/h5-15,28,41H,3-4,16-18H2,1-2H3,(H,34,37)(H,38,39). The summed E-state index contributed by atoms with van der Waals surface area (Å²) in [5, 5.41) is 11.6. The van der Waals surface area contributed by atoms with Crippen LogP contribution in [0.25, 0.3) is 11.1 Å². The lowest BCUT2D eigenvalue weighted by Crippen LogP contribution is -2.33. The van der Waals surface area contributed by atoms with Gasteiger partial charge in [0.15, 0.2) is 0 Å². The largest absolute Gasteiger partial charge is 0.478 e. The summed E-state index contributed by atoms with van der Waals surface area (Å²) in [5.41, 5.74) is 3.00. The third kappa shape index (κ3) is 6.94. The normalized spacial score (nSPS) is 11.7. The number of amides is 1. The van der Waals surface area contributed by atoms with Crippen LogP contribution < -0.4 is 10.1 Å². The lowest BCUT2D eigenvalue weighted by Gasteiger charge is -2.16. The highest BCUT2D eigenvalue weighted by atomic mass is 32.1. The summed E-state index contributed by atoms with van der Waals surface area (Å²) < 4.78 is 36.9. The molecular weight excluding hydrogens is 548 g/mol. The summed E-state index contributed by atoms with van der Waals surface area (Å²) in [7, 11) is 0. The van der Waals surface area contributed by atoms with Crippen LogP contribution >= 0.6 is 12.6 Å². The van der Waals surface area contributed by atoms with Crippen molar-refractivity contribution in [3.8, 4) is 17.1 Å². The van der Waals surface area contributed by atoms with E-state index in [2.05, 4.69) is 22.9 Å². The first-order valence-electron chi connectivity index (χ1n) is 13.2. The molecule has 0 aliphatic heterocycles. The van der Waals surface area contributed by atoms with Gasteiger partial charge in [-0.05, 0) is 54.7 Å². The Kier molecular flexibility index (Phi) is 9.78. The number of hydrogen-bond acceptors (Lipinski definition) is 5. The Bertz CT molecular complexity index is 1560. The van der Waals surface area contributed by atoms with Crippen molar-refractivity contribution in [3.63, 3.8) is 0 Å². The molecule has 0 aliphatic rings. The third-order valence-corrected chi connectivity index (χ3v) is 7.10. The Morgan fingerprint density at radius 3 is 2.44 bits per heavy atom. The molecule has 3 aromatic carbocycles. The molecular formula is C31H31F2N3O4S. The number of carbonyl (C=O) groups excluding carboxylic acids is 1. The minimum Gasteiger partial charge on any atom is -0.478 e. The summed E-state index contributed by atoms with van der Waals surface area (Å²) >= 11 is 4.38. The fourth-order valence-electron chi connectivity index (χ4n) is 4.58. The number of hydrogen-bond donors (Lipinski definition) is 3. The summed E-state index contributed by atoms with van der Waals surface area (Å²) in [5.74, 6) is -2.39. The van der Waals surface area contributed by atoms with Gasteiger partial charge in [-0.1, -0.05) is 55.5 Å². The van der Waals surface area contributed by atoms with Crippen molar-refractivity contribution in [1.82, 2.24) is 14.9 Å². The van der Waals surface area contributed by atoms with Crippen molar-refractivity contribution < 1.29 is 28.2 Å². The van der Waals surface area contributed by atoms with Gasteiger partial charge in [-0.2, -0.15) is 17.6 Å². The van der Waals surface area contributed by atoms with E-state index in [1.54, 1.807) is 53.1 Å². The van der Waals surface area contributed by atoms with E-state index >= 15 is 4.39 Å². The minimum atomic E-state index is -1.10. The molecule has 1 amide bonds. The van der Waals surface area contributed by atoms with E-state index in [1.165, 1.54) is 18.2 Å². The van der Waals surface area contributed by atoms with Gasteiger partial charge < -0.3 is 15.2 Å². The van der Waals surface area contributed by atoms with Crippen LogP contribution in [0.3, 0.4) is 0 Å². The SMILES string of the molecule is CCOc1nc(CC)c(CNC(=O)C(S)Cc2ccccc2F)n1Cc1ccc(-c2ccccc2C(=O)O)cc1F. The molecule has 2 N–H and O–H groups in total. The molecule has 4 rings (SSSR count). The Hall–Kier alpha value is -4.18. The van der Waals surface area contributed by atoms with Crippen LogP contribution in [0.2, 0.25) is 0 Å². The first-order valence-corrected chi connectivity index (χ1v) is 13.8. The maximum atomic E-state index is 15.4. The molecule has 1 atom stereocenters. The highest BCUT2D eigenvalue weighted by molar-refractivity contribution is 7.81. The minimum absolute atomic E-state index is 0.0692. The second-order valence-corrected chi connectivity index (χ2v) is 9.97. The zero-order valence-electron chi connectivity index (χ0n) is 22.7. The number of nitrogens with zero attached hydrogens (tertiary/aromatic N) is 2. The maximum absolute atomic E-state index is 15.4. The van der Waals surface area contributed by atoms with Gasteiger partial charge in [0, 0.05) is 5.56 Å². The molecule has 0 aliphatic carbocycles. The smallest absolute Gasteiger partial charge is 0.336 e. The maximum Gasteiger partial charge on any atom is 0.336 e. The summed E-state index contributed by atoms with van der Waals surface area (Å²) in [6, 6.07) is 17.6. The molecule has 0 fully saturated rings. The number of aromatic carboxylic acids is 1. The van der Waals surface area contributed by atoms with E-state index < -0.39 is 22.9 Å². The molecule has 1 unspecified atom stereocenters. The van der Waals surface area contributed by atoms with Crippen LogP contribution in [0.4, 0.5) is 8.78 Å². The average Bonchev–Trinajstić information content (AvgIpc) is 3.29. The number of carboxylic acids is 1. The van der Waals surface area contributed by atoms with Crippen molar-refractivity contribution >= 4 is 24.5 Å². The van der Waals surface area contributed by atoms with Crippen LogP contribution in [-0.2, 0) is 30.7 Å². The van der Waals surface area contributed by atoms with E-state index in [0.29, 0.717) is 52.7 Å². The predicted molar refractivity (Wildman–Crippen MR) is 155 cm³/mol. The van der Waals surface area contributed by atoms with Crippen molar-refractivity contribution in [2.24, 2.45) is 0 Å². The second-order valence-electron chi connectivity index (χ2n) is 9.35. The number of benzene rings is 3. The topological polar surface area (TPSA) is 93.5 Å². The molecule has 0 spiro atoms. The first kappa shape index (κ1) is 29.8. The number of carboxylic acid groups (broad SMARTS) is 1. The van der Waals surface area contributed by atoms with Gasteiger partial charge in [0.2, 0.25) is 5.91 Å². The van der Waals surface area contributed by atoms with Crippen LogP contribution in [-0.4, -0.2) is 38.4 Å².